The highest BCUT2D eigenvalue weighted by Crippen LogP contribution is 2.17. The number of carbonyl (C=O) groups is 1. The first kappa shape index (κ1) is 13.7. The lowest BCUT2D eigenvalue weighted by atomic mass is 9.97. The third kappa shape index (κ3) is 4.97. The van der Waals surface area contributed by atoms with E-state index < -0.39 is 0 Å². The lowest BCUT2D eigenvalue weighted by Gasteiger charge is -2.14. The Bertz CT molecular complexity index is 327. The van der Waals surface area contributed by atoms with Crippen molar-refractivity contribution in [1.29, 1.82) is 0 Å². The standard InChI is InChI=1S/C13H19NO3/c1-17-10-13(16)14-8-7-12(9-15)11-5-3-2-4-6-11/h2-6,12,15H,7-10H2,1H3,(H,14,16). The lowest BCUT2D eigenvalue weighted by molar-refractivity contribution is -0.124. The molecular weight excluding hydrogens is 218 g/mol. The van der Waals surface area contributed by atoms with Gasteiger partial charge >= 0.3 is 0 Å². The molecule has 1 aromatic carbocycles. The Morgan fingerprint density at radius 1 is 1.41 bits per heavy atom. The number of amides is 1. The number of methoxy groups -OCH3 is 1. The number of nitrogens with one attached hydrogen (secondary N) is 1. The number of aliphatic hydroxyl groups excluding tert-OH is 1. The Morgan fingerprint density at radius 3 is 2.71 bits per heavy atom. The lowest BCUT2D eigenvalue weighted by Crippen LogP contribution is -2.29. The molecular formula is C13H19NO3. The van der Waals surface area contributed by atoms with Crippen LogP contribution in [0.3, 0.4) is 0 Å². The normalized spacial score (nSPS) is 12.1. The Balaban J connectivity index is 2.36. The molecule has 0 aromatic heterocycles. The zero-order valence-corrected chi connectivity index (χ0v) is 10.1. The van der Waals surface area contributed by atoms with Crippen LogP contribution in [0.5, 0.6) is 0 Å². The van der Waals surface area contributed by atoms with E-state index in [-0.39, 0.29) is 25.0 Å². The summed E-state index contributed by atoms with van der Waals surface area (Å²) in [5.74, 6) is -0.0590. The number of ether oxygens (including phenoxy) is 1. The molecule has 94 valence electrons. The molecule has 1 atom stereocenters. The zero-order chi connectivity index (χ0) is 12.5. The highest BCUT2D eigenvalue weighted by molar-refractivity contribution is 5.77. The molecule has 0 aliphatic heterocycles. The minimum absolute atomic E-state index is 0.0686. The van der Waals surface area contributed by atoms with Crippen molar-refractivity contribution < 1.29 is 14.6 Å². The highest BCUT2D eigenvalue weighted by Gasteiger charge is 2.10. The molecule has 1 amide bonds. The summed E-state index contributed by atoms with van der Waals surface area (Å²) < 4.78 is 4.71. The van der Waals surface area contributed by atoms with E-state index in [1.807, 2.05) is 30.3 Å². The van der Waals surface area contributed by atoms with Crippen LogP contribution in [0.2, 0.25) is 0 Å². The molecule has 0 aliphatic rings. The van der Waals surface area contributed by atoms with Gasteiger partial charge in [0.2, 0.25) is 5.91 Å². The first-order valence-corrected chi connectivity index (χ1v) is 5.69. The van der Waals surface area contributed by atoms with Crippen molar-refractivity contribution in [3.63, 3.8) is 0 Å². The minimum Gasteiger partial charge on any atom is -0.396 e. The second-order valence-corrected chi connectivity index (χ2v) is 3.86. The van der Waals surface area contributed by atoms with Crippen molar-refractivity contribution in [3.05, 3.63) is 35.9 Å². The van der Waals surface area contributed by atoms with E-state index in [1.165, 1.54) is 7.11 Å². The molecule has 4 heteroatoms. The second kappa shape index (κ2) is 7.81. The van der Waals surface area contributed by atoms with Gasteiger partial charge in [0, 0.05) is 26.2 Å². The van der Waals surface area contributed by atoms with Crippen LogP contribution in [0.15, 0.2) is 30.3 Å². The molecule has 0 heterocycles. The fourth-order valence-electron chi connectivity index (χ4n) is 1.66. The van der Waals surface area contributed by atoms with Gasteiger partial charge in [0.15, 0.2) is 0 Å². The Morgan fingerprint density at radius 2 is 2.12 bits per heavy atom. The van der Waals surface area contributed by atoms with Gasteiger partial charge in [-0.25, -0.2) is 0 Å². The van der Waals surface area contributed by atoms with Gasteiger partial charge in [-0.05, 0) is 12.0 Å². The molecule has 1 rings (SSSR count). The van der Waals surface area contributed by atoms with Crippen LogP contribution >= 0.6 is 0 Å². The third-order valence-corrected chi connectivity index (χ3v) is 2.58. The molecule has 0 fully saturated rings. The van der Waals surface area contributed by atoms with Crippen molar-refractivity contribution >= 4 is 5.91 Å². The van der Waals surface area contributed by atoms with E-state index in [2.05, 4.69) is 5.32 Å². The molecule has 0 radical (unpaired) electrons. The monoisotopic (exact) mass is 237 g/mol. The maximum atomic E-state index is 11.2. The number of benzene rings is 1. The second-order valence-electron chi connectivity index (χ2n) is 3.86. The third-order valence-electron chi connectivity index (χ3n) is 2.58. The molecule has 1 aromatic rings. The van der Waals surface area contributed by atoms with Crippen LogP contribution in [-0.4, -0.2) is 37.9 Å². The fourth-order valence-corrected chi connectivity index (χ4v) is 1.66. The Hall–Kier alpha value is -1.39. The van der Waals surface area contributed by atoms with Crippen molar-refractivity contribution in [1.82, 2.24) is 5.32 Å². The first-order valence-electron chi connectivity index (χ1n) is 5.69. The summed E-state index contributed by atoms with van der Waals surface area (Å²) in [5, 5.41) is 12.1. The van der Waals surface area contributed by atoms with Crippen LogP contribution in [-0.2, 0) is 9.53 Å². The average Bonchev–Trinajstić information content (AvgIpc) is 2.36. The quantitative estimate of drug-likeness (QED) is 0.741. The Labute approximate surface area is 102 Å². The molecule has 0 spiro atoms. The average molecular weight is 237 g/mol. The smallest absolute Gasteiger partial charge is 0.245 e. The predicted molar refractivity (Wildman–Crippen MR) is 65.8 cm³/mol. The van der Waals surface area contributed by atoms with Gasteiger partial charge in [0.1, 0.15) is 6.61 Å². The first-order chi connectivity index (χ1) is 8.27. The summed E-state index contributed by atoms with van der Waals surface area (Å²) in [6, 6.07) is 9.80. The number of rotatable bonds is 7. The minimum atomic E-state index is -0.128. The summed E-state index contributed by atoms with van der Waals surface area (Å²) in [7, 11) is 1.49. The molecule has 0 saturated heterocycles. The summed E-state index contributed by atoms with van der Waals surface area (Å²) >= 11 is 0. The topological polar surface area (TPSA) is 58.6 Å². The van der Waals surface area contributed by atoms with Gasteiger partial charge in [-0.1, -0.05) is 30.3 Å². The maximum absolute atomic E-state index is 11.2. The molecule has 1 unspecified atom stereocenters. The molecule has 17 heavy (non-hydrogen) atoms. The van der Waals surface area contributed by atoms with Crippen LogP contribution < -0.4 is 5.32 Å². The van der Waals surface area contributed by atoms with Gasteiger partial charge in [0.25, 0.3) is 0 Å². The maximum Gasteiger partial charge on any atom is 0.245 e. The summed E-state index contributed by atoms with van der Waals surface area (Å²) in [4.78, 5) is 11.2. The number of aliphatic hydroxyl groups is 1. The van der Waals surface area contributed by atoms with E-state index in [9.17, 15) is 9.90 Å². The number of hydrogen-bond acceptors (Lipinski definition) is 3. The predicted octanol–water partition coefficient (Wildman–Crippen LogP) is 0.915. The Kier molecular flexibility index (Phi) is 6.29. The summed E-state index contributed by atoms with van der Waals surface area (Å²) in [6.45, 7) is 0.710. The van der Waals surface area contributed by atoms with Crippen LogP contribution in [0.4, 0.5) is 0 Å². The van der Waals surface area contributed by atoms with Crippen LogP contribution in [0.25, 0.3) is 0 Å². The van der Waals surface area contributed by atoms with Crippen molar-refractivity contribution in [2.24, 2.45) is 0 Å². The summed E-state index contributed by atoms with van der Waals surface area (Å²) in [5.41, 5.74) is 1.09. The highest BCUT2D eigenvalue weighted by atomic mass is 16.5. The van der Waals surface area contributed by atoms with E-state index in [0.29, 0.717) is 6.54 Å². The van der Waals surface area contributed by atoms with Gasteiger partial charge in [-0.2, -0.15) is 0 Å². The van der Waals surface area contributed by atoms with Crippen LogP contribution in [0, 0.1) is 0 Å². The van der Waals surface area contributed by atoms with Crippen molar-refractivity contribution in [2.45, 2.75) is 12.3 Å². The fraction of sp³-hybridized carbons (Fsp3) is 0.462. The van der Waals surface area contributed by atoms with Crippen molar-refractivity contribution in [3.8, 4) is 0 Å². The van der Waals surface area contributed by atoms with Crippen molar-refractivity contribution in [2.75, 3.05) is 26.9 Å². The SMILES string of the molecule is COCC(=O)NCCC(CO)c1ccccc1. The molecule has 4 nitrogen and oxygen atoms in total. The van der Waals surface area contributed by atoms with E-state index in [1.54, 1.807) is 0 Å². The van der Waals surface area contributed by atoms with E-state index in [4.69, 9.17) is 4.74 Å². The van der Waals surface area contributed by atoms with E-state index >= 15 is 0 Å². The number of carbonyl (C=O) groups excluding carboxylic acids is 1. The van der Waals surface area contributed by atoms with Gasteiger partial charge in [-0.3, -0.25) is 4.79 Å². The largest absolute Gasteiger partial charge is 0.396 e. The van der Waals surface area contributed by atoms with Gasteiger partial charge in [0.05, 0.1) is 0 Å². The van der Waals surface area contributed by atoms with E-state index in [0.717, 1.165) is 12.0 Å². The molecule has 0 saturated carbocycles. The summed E-state index contributed by atoms with van der Waals surface area (Å²) in [6.07, 6.45) is 0.718. The molecule has 0 bridgehead atoms. The molecule has 0 aliphatic carbocycles. The van der Waals surface area contributed by atoms with Gasteiger partial charge in [-0.15, -0.1) is 0 Å². The zero-order valence-electron chi connectivity index (χ0n) is 10.1. The molecule has 2 N–H and O–H groups in total. The van der Waals surface area contributed by atoms with Crippen LogP contribution in [0.1, 0.15) is 17.9 Å². The van der Waals surface area contributed by atoms with Gasteiger partial charge < -0.3 is 15.2 Å². The number of hydrogen-bond donors (Lipinski definition) is 2.